The average Bonchev–Trinajstić information content (AvgIpc) is 2.27. The highest BCUT2D eigenvalue weighted by Gasteiger charge is 2.29. The molecule has 0 bridgehead atoms. The molecule has 1 amide bonds. The summed E-state index contributed by atoms with van der Waals surface area (Å²) in [6.07, 6.45) is 1.74. The number of carboxylic acid groups (broad SMARTS) is 1. The first-order valence-electron chi connectivity index (χ1n) is 5.18. The average molecular weight is 215 g/mol. The monoisotopic (exact) mass is 215 g/mol. The predicted octanol–water partition coefficient (Wildman–Crippen LogP) is -0.0620. The number of aliphatic carboxylic acids is 1. The van der Waals surface area contributed by atoms with E-state index in [9.17, 15) is 9.59 Å². The molecule has 2 unspecified atom stereocenters. The number of aliphatic hydroxyl groups is 1. The van der Waals surface area contributed by atoms with Gasteiger partial charge in [-0.05, 0) is 25.7 Å². The number of likely N-dealkylation sites (tertiary alicyclic amines) is 1. The molecule has 0 aromatic rings. The number of carbonyl (C=O) groups excluding carboxylic acids is 1. The summed E-state index contributed by atoms with van der Waals surface area (Å²) < 4.78 is 0. The van der Waals surface area contributed by atoms with Crippen molar-refractivity contribution in [3.8, 4) is 0 Å². The fourth-order valence-corrected chi connectivity index (χ4v) is 1.79. The van der Waals surface area contributed by atoms with E-state index in [1.807, 2.05) is 0 Å². The molecule has 1 aliphatic rings. The quantitative estimate of drug-likeness (QED) is 0.646. The van der Waals surface area contributed by atoms with Gasteiger partial charge in [-0.25, -0.2) is 0 Å². The fourth-order valence-electron chi connectivity index (χ4n) is 1.79. The predicted molar refractivity (Wildman–Crippen MR) is 53.2 cm³/mol. The molecule has 1 aliphatic heterocycles. The Kier molecular flexibility index (Phi) is 4.08. The van der Waals surface area contributed by atoms with Crippen LogP contribution in [0.1, 0.15) is 19.8 Å². The Morgan fingerprint density at radius 3 is 2.73 bits per heavy atom. The lowest BCUT2D eigenvalue weighted by atomic mass is 9.97. The van der Waals surface area contributed by atoms with Crippen LogP contribution in [0.4, 0.5) is 0 Å². The first kappa shape index (κ1) is 12.0. The molecule has 1 rings (SSSR count). The normalized spacial score (nSPS) is 23.6. The molecule has 5 nitrogen and oxygen atoms in total. The number of amides is 1. The highest BCUT2D eigenvalue weighted by Crippen LogP contribution is 2.17. The zero-order valence-corrected chi connectivity index (χ0v) is 8.85. The van der Waals surface area contributed by atoms with Gasteiger partial charge in [0, 0.05) is 19.7 Å². The molecule has 5 heteroatoms. The van der Waals surface area contributed by atoms with Gasteiger partial charge in [-0.3, -0.25) is 9.59 Å². The number of carboxylic acids is 1. The van der Waals surface area contributed by atoms with E-state index in [1.165, 1.54) is 6.92 Å². The van der Waals surface area contributed by atoms with Crippen LogP contribution in [0.5, 0.6) is 0 Å². The minimum atomic E-state index is -1.09. The Balaban J connectivity index is 2.55. The molecule has 1 heterocycles. The van der Waals surface area contributed by atoms with Gasteiger partial charge in [0.05, 0.1) is 0 Å². The largest absolute Gasteiger partial charge is 0.481 e. The minimum Gasteiger partial charge on any atom is -0.481 e. The summed E-state index contributed by atoms with van der Waals surface area (Å²) in [5, 5.41) is 17.7. The van der Waals surface area contributed by atoms with E-state index < -0.39 is 11.9 Å². The van der Waals surface area contributed by atoms with Crippen molar-refractivity contribution in [1.29, 1.82) is 0 Å². The molecular weight excluding hydrogens is 198 g/mol. The van der Waals surface area contributed by atoms with Crippen LogP contribution in [-0.4, -0.2) is 46.7 Å². The van der Waals surface area contributed by atoms with Crippen LogP contribution in [0, 0.1) is 11.8 Å². The van der Waals surface area contributed by atoms with Crippen LogP contribution in [0.3, 0.4) is 0 Å². The van der Waals surface area contributed by atoms with Crippen molar-refractivity contribution in [3.05, 3.63) is 0 Å². The van der Waals surface area contributed by atoms with E-state index in [2.05, 4.69) is 0 Å². The summed E-state index contributed by atoms with van der Waals surface area (Å²) in [5.74, 6) is -2.32. The lowest BCUT2D eigenvalue weighted by Crippen LogP contribution is -2.44. The molecule has 0 aromatic heterocycles. The molecule has 0 radical (unpaired) electrons. The smallest absolute Gasteiger partial charge is 0.315 e. The van der Waals surface area contributed by atoms with E-state index in [-0.39, 0.29) is 18.4 Å². The van der Waals surface area contributed by atoms with Gasteiger partial charge in [0.25, 0.3) is 0 Å². The maximum absolute atomic E-state index is 11.7. The second-order valence-corrected chi connectivity index (χ2v) is 4.04. The van der Waals surface area contributed by atoms with Gasteiger partial charge in [-0.1, -0.05) is 0 Å². The van der Waals surface area contributed by atoms with Crippen molar-refractivity contribution >= 4 is 11.9 Å². The molecule has 0 aliphatic carbocycles. The molecule has 1 saturated heterocycles. The molecule has 15 heavy (non-hydrogen) atoms. The summed E-state index contributed by atoms with van der Waals surface area (Å²) in [6.45, 7) is 2.54. The number of aliphatic hydroxyl groups excluding tert-OH is 1. The molecule has 2 atom stereocenters. The number of carbonyl (C=O) groups is 2. The summed E-state index contributed by atoms with van der Waals surface area (Å²) in [7, 11) is 0. The molecule has 86 valence electrons. The summed E-state index contributed by atoms with van der Waals surface area (Å²) in [4.78, 5) is 23.8. The third-order valence-electron chi connectivity index (χ3n) is 2.83. The summed E-state index contributed by atoms with van der Waals surface area (Å²) in [6, 6.07) is 0. The van der Waals surface area contributed by atoms with Gasteiger partial charge in [-0.15, -0.1) is 0 Å². The number of nitrogens with zero attached hydrogens (tertiary/aromatic N) is 1. The van der Waals surface area contributed by atoms with Gasteiger partial charge in [0.2, 0.25) is 5.91 Å². The number of hydrogen-bond donors (Lipinski definition) is 2. The third-order valence-corrected chi connectivity index (χ3v) is 2.83. The zero-order valence-electron chi connectivity index (χ0n) is 8.85. The Morgan fingerprint density at radius 1 is 1.53 bits per heavy atom. The Bertz CT molecular complexity index is 254. The highest BCUT2D eigenvalue weighted by atomic mass is 16.4. The van der Waals surface area contributed by atoms with Crippen LogP contribution < -0.4 is 0 Å². The molecule has 1 fully saturated rings. The summed E-state index contributed by atoms with van der Waals surface area (Å²) in [5.41, 5.74) is 0. The van der Waals surface area contributed by atoms with Crippen LogP contribution in [-0.2, 0) is 9.59 Å². The van der Waals surface area contributed by atoms with Crippen LogP contribution in [0.25, 0.3) is 0 Å². The van der Waals surface area contributed by atoms with Crippen molar-refractivity contribution in [2.24, 2.45) is 11.8 Å². The Hall–Kier alpha value is -1.10. The van der Waals surface area contributed by atoms with E-state index in [0.717, 1.165) is 12.8 Å². The van der Waals surface area contributed by atoms with E-state index >= 15 is 0 Å². The van der Waals surface area contributed by atoms with Crippen molar-refractivity contribution in [2.45, 2.75) is 19.8 Å². The molecule has 0 spiro atoms. The Morgan fingerprint density at radius 2 is 2.20 bits per heavy atom. The number of hydrogen-bond acceptors (Lipinski definition) is 3. The van der Waals surface area contributed by atoms with E-state index in [4.69, 9.17) is 10.2 Å². The second kappa shape index (κ2) is 5.11. The fraction of sp³-hybridized carbons (Fsp3) is 0.800. The van der Waals surface area contributed by atoms with Crippen molar-refractivity contribution in [2.75, 3.05) is 19.7 Å². The summed E-state index contributed by atoms with van der Waals surface area (Å²) >= 11 is 0. The highest BCUT2D eigenvalue weighted by molar-refractivity contribution is 5.96. The first-order valence-corrected chi connectivity index (χ1v) is 5.18. The number of rotatable bonds is 3. The van der Waals surface area contributed by atoms with E-state index in [1.54, 1.807) is 4.90 Å². The maximum Gasteiger partial charge on any atom is 0.315 e. The maximum atomic E-state index is 11.7. The van der Waals surface area contributed by atoms with Crippen molar-refractivity contribution in [1.82, 2.24) is 4.90 Å². The topological polar surface area (TPSA) is 77.8 Å². The molecular formula is C10H17NO4. The lowest BCUT2D eigenvalue weighted by molar-refractivity contribution is -0.151. The van der Waals surface area contributed by atoms with Gasteiger partial charge >= 0.3 is 5.97 Å². The van der Waals surface area contributed by atoms with Crippen LogP contribution >= 0.6 is 0 Å². The van der Waals surface area contributed by atoms with E-state index in [0.29, 0.717) is 13.1 Å². The van der Waals surface area contributed by atoms with Gasteiger partial charge in [0.15, 0.2) is 0 Å². The first-order chi connectivity index (χ1) is 7.06. The standard InChI is InChI=1S/C10H17NO4/c1-7(10(14)15)9(13)11-4-2-3-8(5-11)6-12/h7-8,12H,2-6H2,1H3,(H,14,15). The molecule has 0 saturated carbocycles. The lowest BCUT2D eigenvalue weighted by Gasteiger charge is -2.32. The number of piperidine rings is 1. The molecule has 2 N–H and O–H groups in total. The zero-order chi connectivity index (χ0) is 11.4. The van der Waals surface area contributed by atoms with Crippen LogP contribution in [0.2, 0.25) is 0 Å². The van der Waals surface area contributed by atoms with Gasteiger partial charge < -0.3 is 15.1 Å². The van der Waals surface area contributed by atoms with Gasteiger partial charge in [0.1, 0.15) is 5.92 Å². The van der Waals surface area contributed by atoms with Gasteiger partial charge in [-0.2, -0.15) is 0 Å². The van der Waals surface area contributed by atoms with Crippen LogP contribution in [0.15, 0.2) is 0 Å². The SMILES string of the molecule is CC(C(=O)O)C(=O)N1CCCC(CO)C1. The minimum absolute atomic E-state index is 0.0607. The third kappa shape index (κ3) is 2.92. The van der Waals surface area contributed by atoms with Crippen molar-refractivity contribution in [3.63, 3.8) is 0 Å². The van der Waals surface area contributed by atoms with Crippen molar-refractivity contribution < 1.29 is 19.8 Å². The second-order valence-electron chi connectivity index (χ2n) is 4.04. The Labute approximate surface area is 88.7 Å². The molecule has 0 aromatic carbocycles.